The molecule has 3 heterocycles. The van der Waals surface area contributed by atoms with Crippen LogP contribution in [0, 0.1) is 11.8 Å². The lowest BCUT2D eigenvalue weighted by atomic mass is 9.92. The molecule has 3 fully saturated rings. The maximum absolute atomic E-state index is 12.2. The van der Waals surface area contributed by atoms with Crippen LogP contribution >= 0.6 is 0 Å². The molecule has 0 saturated carbocycles. The number of carbonyl (C=O) groups excluding carboxylic acids is 4. The molecule has 3 aliphatic heterocycles. The molecule has 0 aromatic rings. The van der Waals surface area contributed by atoms with Gasteiger partial charge in [-0.05, 0) is 53.9 Å². The van der Waals surface area contributed by atoms with Crippen molar-refractivity contribution in [3.8, 4) is 0 Å². The van der Waals surface area contributed by atoms with E-state index < -0.39 is 23.3 Å². The number of esters is 1. The van der Waals surface area contributed by atoms with E-state index in [1.165, 1.54) is 7.11 Å². The van der Waals surface area contributed by atoms with Crippen LogP contribution in [0.25, 0.3) is 0 Å². The van der Waals surface area contributed by atoms with Gasteiger partial charge in [-0.15, -0.1) is 0 Å². The number of hydrogen-bond acceptors (Lipinski definition) is 9. The predicted molar refractivity (Wildman–Crippen MR) is 145 cm³/mol. The highest BCUT2D eigenvalue weighted by atomic mass is 16.6. The normalized spacial score (nSPS) is 28.4. The van der Waals surface area contributed by atoms with E-state index in [-0.39, 0.29) is 41.8 Å². The number of amides is 2. The molecular formula is C28H49N3O8. The number of ether oxygens (including phenoxy) is 3. The van der Waals surface area contributed by atoms with E-state index in [0.29, 0.717) is 45.6 Å². The molecule has 11 heteroatoms. The Balaban J connectivity index is 0.000000306. The summed E-state index contributed by atoms with van der Waals surface area (Å²) in [5.74, 6) is 0.0538. The molecule has 3 aliphatic rings. The Morgan fingerprint density at radius 1 is 0.872 bits per heavy atom. The van der Waals surface area contributed by atoms with Crippen molar-refractivity contribution < 1.29 is 38.5 Å². The fourth-order valence-electron chi connectivity index (χ4n) is 5.20. The zero-order valence-electron chi connectivity index (χ0n) is 25.2. The molecule has 0 bridgehead atoms. The number of hydrogen-bond donors (Lipinski definition) is 1. The smallest absolute Gasteiger partial charge is 0.410 e. The first-order valence-corrected chi connectivity index (χ1v) is 13.9. The van der Waals surface area contributed by atoms with Gasteiger partial charge < -0.3 is 29.1 Å². The van der Waals surface area contributed by atoms with E-state index in [9.17, 15) is 24.3 Å². The van der Waals surface area contributed by atoms with E-state index in [2.05, 4.69) is 6.92 Å². The second-order valence-electron chi connectivity index (χ2n) is 12.9. The van der Waals surface area contributed by atoms with Crippen LogP contribution < -0.4 is 0 Å². The first kappa shape index (κ1) is 32.8. The Hall–Kier alpha value is -2.40. The van der Waals surface area contributed by atoms with Crippen molar-refractivity contribution in [1.29, 1.82) is 0 Å². The zero-order valence-corrected chi connectivity index (χ0v) is 25.2. The summed E-state index contributed by atoms with van der Waals surface area (Å²) in [6, 6.07) is -0.254. The Bertz CT molecular complexity index is 881. The Kier molecular flexibility index (Phi) is 11.2. The van der Waals surface area contributed by atoms with Gasteiger partial charge in [0.2, 0.25) is 0 Å². The van der Waals surface area contributed by atoms with Crippen LogP contribution in [0.4, 0.5) is 9.59 Å². The molecule has 1 N–H and O–H groups in total. The van der Waals surface area contributed by atoms with Crippen molar-refractivity contribution in [3.05, 3.63) is 0 Å². The van der Waals surface area contributed by atoms with Crippen molar-refractivity contribution in [2.24, 2.45) is 11.8 Å². The average Bonchev–Trinajstić information content (AvgIpc) is 3.19. The molecule has 39 heavy (non-hydrogen) atoms. The molecule has 224 valence electrons. The molecule has 11 nitrogen and oxygen atoms in total. The van der Waals surface area contributed by atoms with Crippen LogP contribution in [-0.4, -0.2) is 113 Å². The molecule has 3 unspecified atom stereocenters. The Morgan fingerprint density at radius 3 is 1.87 bits per heavy atom. The Morgan fingerprint density at radius 2 is 1.41 bits per heavy atom. The maximum atomic E-state index is 12.2. The van der Waals surface area contributed by atoms with Crippen molar-refractivity contribution >= 4 is 23.9 Å². The molecular weight excluding hydrogens is 506 g/mol. The number of rotatable bonds is 2. The fourth-order valence-corrected chi connectivity index (χ4v) is 5.20. The van der Waals surface area contributed by atoms with E-state index in [0.717, 1.165) is 6.42 Å². The highest BCUT2D eigenvalue weighted by molar-refractivity contribution is 5.83. The summed E-state index contributed by atoms with van der Waals surface area (Å²) in [7, 11) is 1.37. The number of carbonyl (C=O) groups is 4. The lowest BCUT2D eigenvalue weighted by Crippen LogP contribution is -2.55. The molecule has 0 aromatic heterocycles. The average molecular weight is 556 g/mol. The summed E-state index contributed by atoms with van der Waals surface area (Å²) < 4.78 is 15.6. The minimum atomic E-state index is -0.509. The van der Waals surface area contributed by atoms with Crippen LogP contribution in [0.3, 0.4) is 0 Å². The molecule has 0 aliphatic carbocycles. The number of Topliss-reactive ketones (excluding diaryl/α,β-unsaturated/α-hetero) is 1. The van der Waals surface area contributed by atoms with E-state index in [4.69, 9.17) is 14.2 Å². The first-order chi connectivity index (χ1) is 17.9. The van der Waals surface area contributed by atoms with Crippen molar-refractivity contribution in [2.75, 3.05) is 39.8 Å². The lowest BCUT2D eigenvalue weighted by molar-refractivity contribution is -0.147. The highest BCUT2D eigenvalue weighted by Gasteiger charge is 2.44. The van der Waals surface area contributed by atoms with Gasteiger partial charge in [0, 0.05) is 57.5 Å². The molecule has 2 amide bonds. The van der Waals surface area contributed by atoms with Crippen molar-refractivity contribution in [1.82, 2.24) is 14.7 Å². The van der Waals surface area contributed by atoms with Gasteiger partial charge in [-0.2, -0.15) is 0 Å². The first-order valence-electron chi connectivity index (χ1n) is 13.9. The van der Waals surface area contributed by atoms with Gasteiger partial charge >= 0.3 is 18.2 Å². The van der Waals surface area contributed by atoms with Gasteiger partial charge in [0.05, 0.1) is 13.2 Å². The minimum Gasteiger partial charge on any atom is -0.468 e. The third-order valence-corrected chi connectivity index (χ3v) is 7.05. The van der Waals surface area contributed by atoms with Crippen LogP contribution in [0.2, 0.25) is 0 Å². The van der Waals surface area contributed by atoms with Gasteiger partial charge in [-0.3, -0.25) is 14.5 Å². The van der Waals surface area contributed by atoms with Crippen molar-refractivity contribution in [3.63, 3.8) is 0 Å². The van der Waals surface area contributed by atoms with Crippen LogP contribution in [0.1, 0.15) is 74.7 Å². The third-order valence-electron chi connectivity index (χ3n) is 7.05. The van der Waals surface area contributed by atoms with E-state index in [1.807, 2.05) is 53.4 Å². The molecule has 0 spiro atoms. The highest BCUT2D eigenvalue weighted by Crippen LogP contribution is 2.30. The lowest BCUT2D eigenvalue weighted by Gasteiger charge is -2.42. The van der Waals surface area contributed by atoms with Crippen LogP contribution in [0.5, 0.6) is 0 Å². The number of ketones is 1. The monoisotopic (exact) mass is 555 g/mol. The number of β-amino-alcohol motifs (C(OH)–C–C–N with tert-alkyl or cyclic N) is 1. The number of aliphatic hydroxyl groups is 1. The third kappa shape index (κ3) is 9.94. The second kappa shape index (κ2) is 13.3. The van der Waals surface area contributed by atoms with Gasteiger partial charge in [0.15, 0.2) is 0 Å². The maximum Gasteiger partial charge on any atom is 0.410 e. The van der Waals surface area contributed by atoms with Crippen LogP contribution in [-0.2, 0) is 23.8 Å². The van der Waals surface area contributed by atoms with Gasteiger partial charge in [-0.25, -0.2) is 9.59 Å². The van der Waals surface area contributed by atoms with Gasteiger partial charge in [0.1, 0.15) is 23.0 Å². The molecule has 5 atom stereocenters. The van der Waals surface area contributed by atoms with Gasteiger partial charge in [0.25, 0.3) is 0 Å². The summed E-state index contributed by atoms with van der Waals surface area (Å²) in [4.78, 5) is 52.5. The summed E-state index contributed by atoms with van der Waals surface area (Å²) >= 11 is 0. The molecule has 3 saturated heterocycles. The fraction of sp³-hybridized carbons (Fsp3) is 0.857. The van der Waals surface area contributed by atoms with Crippen molar-refractivity contribution in [2.45, 2.75) is 104 Å². The van der Waals surface area contributed by atoms with Crippen LogP contribution in [0.15, 0.2) is 0 Å². The van der Waals surface area contributed by atoms with E-state index >= 15 is 0 Å². The van der Waals surface area contributed by atoms with E-state index in [1.54, 1.807) is 9.80 Å². The topological polar surface area (TPSA) is 126 Å². The second-order valence-corrected chi connectivity index (χ2v) is 12.9. The quantitative estimate of drug-likeness (QED) is 0.404. The predicted octanol–water partition coefficient (Wildman–Crippen LogP) is 3.07. The molecule has 3 rings (SSSR count). The summed E-state index contributed by atoms with van der Waals surface area (Å²) in [6.07, 6.45) is 0.484. The summed E-state index contributed by atoms with van der Waals surface area (Å²) in [5.41, 5.74) is -0.978. The summed E-state index contributed by atoms with van der Waals surface area (Å²) in [5, 5.41) is 9.97. The minimum absolute atomic E-state index is 0.0636. The number of nitrogens with zero attached hydrogens (tertiary/aromatic N) is 3. The zero-order chi connectivity index (χ0) is 29.7. The summed E-state index contributed by atoms with van der Waals surface area (Å²) in [6.45, 7) is 17.6. The number of piperidine rings is 2. The standard InChI is InChI=1S/C17H30N2O5.C11H19NO3/c1-11-9-18(16(22)24-17(2,3)4)7-6-13(11)19-10-12(20)8-14(19)15(21)23-5;1-8-7-12(6-5-9(8)13)10(14)15-11(2,3)4/h11-14,20H,6-10H2,1-5H3;8H,5-7H2,1-4H3/t11?,12-,13?,14+;/m1./s1. The molecule has 0 radical (unpaired) electrons. The molecule has 0 aromatic carbocycles. The SMILES string of the molecule is CC1CN(C(=O)OC(C)(C)C)CCC1=O.COC(=O)[C@@H]1C[C@@H](O)CN1C1CCN(C(=O)OC(C)(C)C)CC1C. The van der Waals surface area contributed by atoms with Gasteiger partial charge in [-0.1, -0.05) is 13.8 Å². The largest absolute Gasteiger partial charge is 0.468 e. The number of likely N-dealkylation sites (tertiary alicyclic amines) is 3. The number of methoxy groups -OCH3 is 1. The number of aliphatic hydroxyl groups excluding tert-OH is 1. The Labute approximate surface area is 233 Å².